The van der Waals surface area contributed by atoms with Gasteiger partial charge in [-0.15, -0.1) is 0 Å². The molecule has 4 rings (SSSR count). The Hall–Kier alpha value is -3.02. The molecule has 0 radical (unpaired) electrons. The monoisotopic (exact) mass is 350 g/mol. The number of nitrogens with zero attached hydrogens (tertiary/aromatic N) is 3. The van der Waals surface area contributed by atoms with Gasteiger partial charge in [-0.3, -0.25) is 14.8 Å². The lowest BCUT2D eigenvalue weighted by molar-refractivity contribution is 0.0955. The van der Waals surface area contributed by atoms with Crippen LogP contribution in [0.5, 0.6) is 0 Å². The quantitative estimate of drug-likeness (QED) is 0.719. The summed E-state index contributed by atoms with van der Waals surface area (Å²) in [7, 11) is 0. The van der Waals surface area contributed by atoms with Crippen LogP contribution in [0.3, 0.4) is 0 Å². The molecule has 0 unspecified atom stereocenters. The Labute approximate surface area is 150 Å². The number of benzene rings is 1. The molecule has 0 atom stereocenters. The van der Waals surface area contributed by atoms with Crippen LogP contribution in [-0.4, -0.2) is 35.5 Å². The molecule has 1 aliphatic rings. The zero-order valence-corrected chi connectivity index (χ0v) is 14.3. The summed E-state index contributed by atoms with van der Waals surface area (Å²) in [6, 6.07) is 11.3. The molecule has 6 heteroatoms. The molecular weight excluding hydrogens is 331 g/mol. The summed E-state index contributed by atoms with van der Waals surface area (Å²) in [4.78, 5) is 22.9. The van der Waals surface area contributed by atoms with Crippen molar-refractivity contribution in [3.05, 3.63) is 65.7 Å². The summed E-state index contributed by atoms with van der Waals surface area (Å²) in [5, 5.41) is 2.93. The number of anilines is 1. The highest BCUT2D eigenvalue weighted by Gasteiger charge is 2.17. The minimum absolute atomic E-state index is 0.210. The van der Waals surface area contributed by atoms with Gasteiger partial charge in [-0.1, -0.05) is 18.2 Å². The Morgan fingerprint density at radius 1 is 1.23 bits per heavy atom. The van der Waals surface area contributed by atoms with E-state index in [9.17, 15) is 9.18 Å². The van der Waals surface area contributed by atoms with Crippen molar-refractivity contribution in [3.63, 3.8) is 0 Å². The van der Waals surface area contributed by atoms with Gasteiger partial charge in [-0.05, 0) is 30.5 Å². The normalized spacial score (nSPS) is 13.0. The maximum absolute atomic E-state index is 13.3. The van der Waals surface area contributed by atoms with Crippen molar-refractivity contribution in [2.75, 3.05) is 24.5 Å². The Morgan fingerprint density at radius 3 is 3.04 bits per heavy atom. The predicted molar refractivity (Wildman–Crippen MR) is 98.8 cm³/mol. The Kier molecular flexibility index (Phi) is 4.48. The fourth-order valence-corrected chi connectivity index (χ4v) is 3.39. The summed E-state index contributed by atoms with van der Waals surface area (Å²) in [5.41, 5.74) is 3.90. The van der Waals surface area contributed by atoms with Gasteiger partial charge in [0.2, 0.25) is 0 Å². The number of fused-ring (bicyclic) bond motifs is 2. The molecule has 1 aliphatic heterocycles. The van der Waals surface area contributed by atoms with E-state index in [1.807, 2.05) is 0 Å². The van der Waals surface area contributed by atoms with E-state index >= 15 is 0 Å². The number of aromatic nitrogens is 2. The summed E-state index contributed by atoms with van der Waals surface area (Å²) in [6.07, 6.45) is 4.53. The second-order valence-corrected chi connectivity index (χ2v) is 6.35. The lowest BCUT2D eigenvalue weighted by Crippen LogP contribution is -2.29. The Bertz CT molecular complexity index is 959. The molecule has 0 spiro atoms. The van der Waals surface area contributed by atoms with Crippen LogP contribution in [0.25, 0.3) is 11.0 Å². The SMILES string of the molecule is O=C(NCCCN1CCc2ccccc21)c1ccnc2cc(F)cnc12. The minimum Gasteiger partial charge on any atom is -0.371 e. The molecule has 3 aromatic rings. The fraction of sp³-hybridized carbons (Fsp3) is 0.250. The maximum Gasteiger partial charge on any atom is 0.253 e. The second kappa shape index (κ2) is 7.07. The van der Waals surface area contributed by atoms with Gasteiger partial charge in [-0.25, -0.2) is 4.39 Å². The van der Waals surface area contributed by atoms with Crippen LogP contribution in [-0.2, 0) is 6.42 Å². The lowest BCUT2D eigenvalue weighted by atomic mass is 10.2. The van der Waals surface area contributed by atoms with Crippen molar-refractivity contribution in [1.29, 1.82) is 0 Å². The standard InChI is InChI=1S/C20H19FN4O/c21-15-12-17-19(24-13-15)16(6-9-22-17)20(26)23-8-3-10-25-11-7-14-4-1-2-5-18(14)25/h1-2,4-6,9,12-13H,3,7-8,10-11H2,(H,23,26). The van der Waals surface area contributed by atoms with Crippen molar-refractivity contribution in [1.82, 2.24) is 15.3 Å². The third-order valence-electron chi connectivity index (χ3n) is 4.66. The Morgan fingerprint density at radius 2 is 2.12 bits per heavy atom. The number of halogens is 1. The molecule has 3 heterocycles. The average Bonchev–Trinajstić information content (AvgIpc) is 3.07. The summed E-state index contributed by atoms with van der Waals surface area (Å²) < 4.78 is 13.3. The van der Waals surface area contributed by atoms with Crippen LogP contribution in [0.15, 0.2) is 48.8 Å². The highest BCUT2D eigenvalue weighted by Crippen LogP contribution is 2.27. The van der Waals surface area contributed by atoms with Crippen molar-refractivity contribution in [2.45, 2.75) is 12.8 Å². The number of nitrogens with one attached hydrogen (secondary N) is 1. The van der Waals surface area contributed by atoms with E-state index in [1.54, 1.807) is 6.07 Å². The molecule has 0 saturated heterocycles. The summed E-state index contributed by atoms with van der Waals surface area (Å²) >= 11 is 0. The number of para-hydroxylation sites is 1. The third kappa shape index (κ3) is 3.22. The minimum atomic E-state index is -0.464. The van der Waals surface area contributed by atoms with E-state index < -0.39 is 5.82 Å². The number of hydrogen-bond donors (Lipinski definition) is 1. The van der Waals surface area contributed by atoms with Crippen LogP contribution in [0.4, 0.5) is 10.1 Å². The van der Waals surface area contributed by atoms with Crippen LogP contribution in [0, 0.1) is 5.82 Å². The number of carbonyl (C=O) groups is 1. The van der Waals surface area contributed by atoms with Crippen molar-refractivity contribution < 1.29 is 9.18 Å². The van der Waals surface area contributed by atoms with Crippen LogP contribution >= 0.6 is 0 Å². The molecule has 0 bridgehead atoms. The number of pyridine rings is 2. The molecule has 2 aromatic heterocycles. The van der Waals surface area contributed by atoms with Crippen LogP contribution in [0.2, 0.25) is 0 Å². The first kappa shape index (κ1) is 16.4. The van der Waals surface area contributed by atoms with Crippen molar-refractivity contribution >= 4 is 22.6 Å². The average molecular weight is 350 g/mol. The van der Waals surface area contributed by atoms with Crippen molar-refractivity contribution in [3.8, 4) is 0 Å². The molecule has 0 fully saturated rings. The molecule has 132 valence electrons. The zero-order valence-electron chi connectivity index (χ0n) is 14.3. The topological polar surface area (TPSA) is 58.1 Å². The van der Waals surface area contributed by atoms with E-state index in [4.69, 9.17) is 0 Å². The highest BCUT2D eigenvalue weighted by atomic mass is 19.1. The van der Waals surface area contributed by atoms with Gasteiger partial charge in [0.25, 0.3) is 5.91 Å². The predicted octanol–water partition coefficient (Wildman–Crippen LogP) is 2.95. The first-order valence-corrected chi connectivity index (χ1v) is 8.74. The first-order chi connectivity index (χ1) is 12.7. The molecule has 1 amide bonds. The summed E-state index contributed by atoms with van der Waals surface area (Å²) in [6.45, 7) is 2.50. The lowest BCUT2D eigenvalue weighted by Gasteiger charge is -2.19. The Balaban J connectivity index is 1.35. The van der Waals surface area contributed by atoms with Gasteiger partial charge in [0.15, 0.2) is 0 Å². The van der Waals surface area contributed by atoms with Gasteiger partial charge in [-0.2, -0.15) is 0 Å². The second-order valence-electron chi connectivity index (χ2n) is 6.35. The third-order valence-corrected chi connectivity index (χ3v) is 4.66. The molecule has 1 N–H and O–H groups in total. The van der Waals surface area contributed by atoms with Gasteiger partial charge < -0.3 is 10.2 Å². The van der Waals surface area contributed by atoms with E-state index in [1.165, 1.54) is 23.5 Å². The van der Waals surface area contributed by atoms with Gasteiger partial charge in [0.05, 0.1) is 17.3 Å². The van der Waals surface area contributed by atoms with Crippen LogP contribution < -0.4 is 10.2 Å². The molecule has 26 heavy (non-hydrogen) atoms. The number of amides is 1. The molecule has 1 aromatic carbocycles. The number of carbonyl (C=O) groups excluding carboxylic acids is 1. The van der Waals surface area contributed by atoms with Gasteiger partial charge in [0, 0.05) is 37.6 Å². The first-order valence-electron chi connectivity index (χ1n) is 8.74. The molecule has 5 nitrogen and oxygen atoms in total. The maximum atomic E-state index is 13.3. The largest absolute Gasteiger partial charge is 0.371 e. The number of hydrogen-bond acceptors (Lipinski definition) is 4. The van der Waals surface area contributed by atoms with E-state index in [0.29, 0.717) is 23.1 Å². The summed E-state index contributed by atoms with van der Waals surface area (Å²) in [5.74, 6) is -0.674. The zero-order chi connectivity index (χ0) is 17.9. The van der Waals surface area contributed by atoms with Crippen LogP contribution in [0.1, 0.15) is 22.3 Å². The van der Waals surface area contributed by atoms with Gasteiger partial charge in [0.1, 0.15) is 11.3 Å². The molecular formula is C20H19FN4O. The smallest absolute Gasteiger partial charge is 0.253 e. The van der Waals surface area contributed by atoms with Crippen molar-refractivity contribution in [2.24, 2.45) is 0 Å². The molecule has 0 aliphatic carbocycles. The molecule has 0 saturated carbocycles. The fourth-order valence-electron chi connectivity index (χ4n) is 3.39. The van der Waals surface area contributed by atoms with E-state index in [-0.39, 0.29) is 5.91 Å². The highest BCUT2D eigenvalue weighted by molar-refractivity contribution is 6.04. The van der Waals surface area contributed by atoms with Gasteiger partial charge >= 0.3 is 0 Å². The number of rotatable bonds is 5. The van der Waals surface area contributed by atoms with E-state index in [2.05, 4.69) is 44.5 Å². The van der Waals surface area contributed by atoms with E-state index in [0.717, 1.165) is 32.1 Å².